The highest BCUT2D eigenvalue weighted by Crippen LogP contribution is 2.18. The van der Waals surface area contributed by atoms with Crippen molar-refractivity contribution in [2.45, 2.75) is 32.8 Å². The first kappa shape index (κ1) is 4.80. The molecule has 0 aliphatic carbocycles. The van der Waals surface area contributed by atoms with Crippen molar-refractivity contribution in [2.24, 2.45) is 5.92 Å². The Hall–Kier alpha value is -0.0400. The maximum absolute atomic E-state index is 7.61. The Balaban J connectivity index is 2.49. The Kier molecular flexibility index (Phi) is 1.50. The van der Waals surface area contributed by atoms with Crippen LogP contribution in [0.15, 0.2) is 0 Å². The summed E-state index contributed by atoms with van der Waals surface area (Å²) in [6.07, 6.45) is 1.65. The zero-order valence-corrected chi connectivity index (χ0v) is 5.61. The highest BCUT2D eigenvalue weighted by molar-refractivity contribution is 4.65. The second-order valence-corrected chi connectivity index (χ2v) is 2.50. The van der Waals surface area contributed by atoms with Gasteiger partial charge in [0.05, 0.1) is 7.45 Å². The lowest BCUT2D eigenvalue weighted by molar-refractivity contribution is -0.00789. The Morgan fingerprint density at radius 3 is 2.75 bits per heavy atom. The van der Waals surface area contributed by atoms with Crippen molar-refractivity contribution in [3.05, 3.63) is 0 Å². The largest absolute Gasteiger partial charge is 0.378 e. The van der Waals surface area contributed by atoms with Gasteiger partial charge in [0.1, 0.15) is 0 Å². The first-order valence-corrected chi connectivity index (χ1v) is 3.27. The quantitative estimate of drug-likeness (QED) is 0.468. The summed E-state index contributed by atoms with van der Waals surface area (Å²) in [7, 11) is 0. The Bertz CT molecular complexity index is 101. The molecule has 0 aromatic carbocycles. The molecule has 1 rings (SSSR count). The first-order valence-electron chi connectivity index (χ1n) is 3.77. The van der Waals surface area contributed by atoms with Crippen molar-refractivity contribution < 1.29 is 6.11 Å². The van der Waals surface area contributed by atoms with E-state index in [2.05, 4.69) is 6.92 Å². The molecule has 0 N–H and O–H groups in total. The molecule has 0 spiro atoms. The van der Waals surface area contributed by atoms with Crippen molar-refractivity contribution in [1.29, 1.82) is 0 Å². The third kappa shape index (κ3) is 1.22. The van der Waals surface area contributed by atoms with Gasteiger partial charge in [0, 0.05) is 6.61 Å². The minimum atomic E-state index is -0.613. The van der Waals surface area contributed by atoms with Crippen molar-refractivity contribution >= 4 is 0 Å². The fraction of sp³-hybridized carbons (Fsp3) is 1.00. The Labute approximate surface area is 52.4 Å². The van der Waals surface area contributed by atoms with E-state index in [1.807, 2.05) is 6.92 Å². The normalized spacial score (nSPS) is 50.8. The van der Waals surface area contributed by atoms with Gasteiger partial charge in [0.15, 0.2) is 0 Å². The van der Waals surface area contributed by atoms with Crippen LogP contribution in [0.2, 0.25) is 0 Å². The number of hydrogen-bond acceptors (Lipinski definition) is 1. The molecule has 8 heavy (non-hydrogen) atoms. The molecule has 0 amide bonds. The van der Waals surface area contributed by atoms with Crippen LogP contribution in [0.5, 0.6) is 0 Å². The van der Waals surface area contributed by atoms with Gasteiger partial charge in [0.2, 0.25) is 0 Å². The summed E-state index contributed by atoms with van der Waals surface area (Å²) in [4.78, 5) is 0. The summed E-state index contributed by atoms with van der Waals surface area (Å²) >= 11 is 0. The summed E-state index contributed by atoms with van der Waals surface area (Å²) in [6.45, 7) is 4.69. The summed E-state index contributed by atoms with van der Waals surface area (Å²) in [5.41, 5.74) is 0. The van der Waals surface area contributed by atoms with Crippen molar-refractivity contribution in [3.8, 4) is 0 Å². The van der Waals surface area contributed by atoms with Crippen LogP contribution in [0.4, 0.5) is 0 Å². The van der Waals surface area contributed by atoms with Crippen LogP contribution < -0.4 is 0 Å². The molecular formula is C7H14O. The second-order valence-electron chi connectivity index (χ2n) is 2.50. The third-order valence-electron chi connectivity index (χ3n) is 1.81. The Morgan fingerprint density at radius 2 is 2.38 bits per heavy atom. The number of rotatable bonds is 0. The van der Waals surface area contributed by atoms with Gasteiger partial charge in [-0.15, -0.1) is 0 Å². The zero-order chi connectivity index (χ0) is 6.91. The molecule has 0 radical (unpaired) electrons. The fourth-order valence-electron chi connectivity index (χ4n) is 0.968. The van der Waals surface area contributed by atoms with Gasteiger partial charge in [-0.1, -0.05) is 6.92 Å². The summed E-state index contributed by atoms with van der Waals surface area (Å²) in [5, 5.41) is 0. The van der Waals surface area contributed by atoms with Crippen LogP contribution in [0, 0.1) is 5.92 Å². The van der Waals surface area contributed by atoms with E-state index in [1.54, 1.807) is 0 Å². The second kappa shape index (κ2) is 2.49. The summed E-state index contributed by atoms with van der Waals surface area (Å²) < 4.78 is 12.9. The van der Waals surface area contributed by atoms with E-state index in [1.165, 1.54) is 0 Å². The molecule has 2 atom stereocenters. The lowest BCUT2D eigenvalue weighted by Crippen LogP contribution is -2.23. The minimum absolute atomic E-state index is 0.395. The van der Waals surface area contributed by atoms with Gasteiger partial charge < -0.3 is 4.74 Å². The zero-order valence-electron chi connectivity index (χ0n) is 6.61. The van der Waals surface area contributed by atoms with Gasteiger partial charge in [-0.3, -0.25) is 0 Å². The monoisotopic (exact) mass is 115 g/mol. The predicted molar refractivity (Wildman–Crippen MR) is 33.8 cm³/mol. The molecule has 1 fully saturated rings. The average molecular weight is 115 g/mol. The molecule has 0 aromatic heterocycles. The standard InChI is InChI=1S/C7H14O/c1-6-4-3-5-8-7(6)2/h6-7H,3-5H2,1-2H3/i7D. The molecule has 1 heterocycles. The van der Waals surface area contributed by atoms with Crippen LogP contribution in [0.3, 0.4) is 0 Å². The first-order chi connectivity index (χ1) is 4.13. The van der Waals surface area contributed by atoms with E-state index in [9.17, 15) is 0 Å². The molecular weight excluding hydrogens is 100 g/mol. The van der Waals surface area contributed by atoms with E-state index in [0.717, 1.165) is 19.4 Å². The highest BCUT2D eigenvalue weighted by Gasteiger charge is 2.16. The Morgan fingerprint density at radius 1 is 1.62 bits per heavy atom. The molecule has 1 saturated heterocycles. The van der Waals surface area contributed by atoms with E-state index in [4.69, 9.17) is 6.11 Å². The smallest absolute Gasteiger partial charge is 0.0603 e. The van der Waals surface area contributed by atoms with Gasteiger partial charge in [-0.25, -0.2) is 0 Å². The van der Waals surface area contributed by atoms with E-state index >= 15 is 0 Å². The molecule has 2 unspecified atom stereocenters. The van der Waals surface area contributed by atoms with Gasteiger partial charge >= 0.3 is 0 Å². The number of ether oxygens (including phenoxy) is 1. The third-order valence-corrected chi connectivity index (χ3v) is 1.81. The molecule has 0 saturated carbocycles. The molecule has 48 valence electrons. The molecule has 0 aromatic rings. The molecule has 1 aliphatic heterocycles. The number of hydrogen-bond donors (Lipinski definition) is 0. The topological polar surface area (TPSA) is 9.23 Å². The van der Waals surface area contributed by atoms with E-state index < -0.39 is 6.08 Å². The van der Waals surface area contributed by atoms with Crippen LogP contribution in [-0.2, 0) is 4.74 Å². The van der Waals surface area contributed by atoms with E-state index in [-0.39, 0.29) is 0 Å². The van der Waals surface area contributed by atoms with Gasteiger partial charge in [0.25, 0.3) is 0 Å². The molecule has 1 aliphatic rings. The van der Waals surface area contributed by atoms with Crippen LogP contribution >= 0.6 is 0 Å². The maximum atomic E-state index is 7.61. The van der Waals surface area contributed by atoms with Crippen molar-refractivity contribution in [2.75, 3.05) is 6.61 Å². The van der Waals surface area contributed by atoms with Crippen LogP contribution in [-0.4, -0.2) is 12.7 Å². The SMILES string of the molecule is [2H]C1(C)OCCCC1C. The average Bonchev–Trinajstić information content (AvgIpc) is 1.77. The maximum Gasteiger partial charge on any atom is 0.0603 e. The summed E-state index contributed by atoms with van der Waals surface area (Å²) in [6, 6.07) is 0. The lowest BCUT2D eigenvalue weighted by Gasteiger charge is -2.25. The fourth-order valence-corrected chi connectivity index (χ4v) is 0.968. The molecule has 0 bridgehead atoms. The molecule has 1 nitrogen and oxygen atoms in total. The van der Waals surface area contributed by atoms with Crippen LogP contribution in [0.1, 0.15) is 28.1 Å². The predicted octanol–water partition coefficient (Wildman–Crippen LogP) is 1.82. The van der Waals surface area contributed by atoms with Crippen molar-refractivity contribution in [3.63, 3.8) is 0 Å². The van der Waals surface area contributed by atoms with Crippen molar-refractivity contribution in [1.82, 2.24) is 0 Å². The van der Waals surface area contributed by atoms with Gasteiger partial charge in [-0.2, -0.15) is 0 Å². The molecule has 1 heteroatoms. The summed E-state index contributed by atoms with van der Waals surface area (Å²) in [5.74, 6) is 0.395. The minimum Gasteiger partial charge on any atom is -0.378 e. The van der Waals surface area contributed by atoms with Gasteiger partial charge in [-0.05, 0) is 25.7 Å². The lowest BCUT2D eigenvalue weighted by atomic mass is 9.98. The highest BCUT2D eigenvalue weighted by atomic mass is 16.5. The van der Waals surface area contributed by atoms with Crippen LogP contribution in [0.25, 0.3) is 0 Å². The van der Waals surface area contributed by atoms with E-state index in [0.29, 0.717) is 5.92 Å².